The molecule has 0 atom stereocenters. The Morgan fingerprint density at radius 1 is 1.10 bits per heavy atom. The fraction of sp³-hybridized carbons (Fsp3) is 0.167. The van der Waals surface area contributed by atoms with Crippen LogP contribution in [0, 0.1) is 6.92 Å². The van der Waals surface area contributed by atoms with Gasteiger partial charge in [0.25, 0.3) is 0 Å². The summed E-state index contributed by atoms with van der Waals surface area (Å²) in [4.78, 5) is 15.8. The second kappa shape index (κ2) is 5.44. The summed E-state index contributed by atoms with van der Waals surface area (Å²) in [6.07, 6.45) is 0. The zero-order chi connectivity index (χ0) is 14.8. The van der Waals surface area contributed by atoms with Gasteiger partial charge in [-0.25, -0.2) is 4.79 Å². The zero-order valence-electron chi connectivity index (χ0n) is 12.1. The second-order valence-corrected chi connectivity index (χ2v) is 4.96. The Hall–Kier alpha value is -2.55. The molecule has 0 bridgehead atoms. The minimum atomic E-state index is -0.284. The van der Waals surface area contributed by atoms with E-state index in [9.17, 15) is 4.79 Å². The number of fused-ring (bicyclic) bond motifs is 1. The van der Waals surface area contributed by atoms with Gasteiger partial charge >= 0.3 is 5.97 Å². The Morgan fingerprint density at radius 3 is 2.57 bits per heavy atom. The molecular weight excluding hydrogens is 262 g/mol. The molecule has 21 heavy (non-hydrogen) atoms. The van der Waals surface area contributed by atoms with Gasteiger partial charge in [0, 0.05) is 10.9 Å². The summed E-state index contributed by atoms with van der Waals surface area (Å²) in [6.45, 7) is 4.22. The summed E-state index contributed by atoms with van der Waals surface area (Å²) >= 11 is 0. The van der Waals surface area contributed by atoms with E-state index in [2.05, 4.69) is 4.98 Å². The molecule has 3 heteroatoms. The standard InChI is InChI=1S/C18H17NO2/c1-3-21-18(20)15-14-11-7-8-12(2)16(14)19-17(15)13-9-5-4-6-10-13/h4-11,19H,3H2,1-2H3. The van der Waals surface area contributed by atoms with Crippen molar-refractivity contribution in [2.75, 3.05) is 6.61 Å². The van der Waals surface area contributed by atoms with Crippen molar-refractivity contribution in [1.29, 1.82) is 0 Å². The van der Waals surface area contributed by atoms with Gasteiger partial charge in [-0.15, -0.1) is 0 Å². The molecular formula is C18H17NO2. The van der Waals surface area contributed by atoms with Crippen molar-refractivity contribution in [2.45, 2.75) is 13.8 Å². The number of aromatic amines is 1. The van der Waals surface area contributed by atoms with Gasteiger partial charge in [-0.2, -0.15) is 0 Å². The Morgan fingerprint density at radius 2 is 1.86 bits per heavy atom. The van der Waals surface area contributed by atoms with Crippen LogP contribution in [0.15, 0.2) is 48.5 Å². The molecule has 0 saturated carbocycles. The highest BCUT2D eigenvalue weighted by Crippen LogP contribution is 2.32. The molecule has 0 radical (unpaired) electrons. The summed E-state index contributed by atoms with van der Waals surface area (Å²) < 4.78 is 5.24. The molecule has 1 heterocycles. The Bertz CT molecular complexity index is 788. The highest BCUT2D eigenvalue weighted by molar-refractivity contribution is 6.10. The molecule has 0 aliphatic carbocycles. The van der Waals surface area contributed by atoms with Crippen molar-refractivity contribution >= 4 is 16.9 Å². The summed E-state index contributed by atoms with van der Waals surface area (Å²) in [6, 6.07) is 15.8. The molecule has 3 rings (SSSR count). The number of ether oxygens (including phenoxy) is 1. The predicted molar refractivity (Wildman–Crippen MR) is 84.4 cm³/mol. The number of H-pyrrole nitrogens is 1. The normalized spacial score (nSPS) is 10.8. The molecule has 0 aliphatic rings. The Balaban J connectivity index is 2.30. The van der Waals surface area contributed by atoms with Gasteiger partial charge in [0.05, 0.1) is 17.9 Å². The van der Waals surface area contributed by atoms with E-state index in [1.807, 2.05) is 62.4 Å². The third-order valence-electron chi connectivity index (χ3n) is 3.58. The minimum Gasteiger partial charge on any atom is -0.462 e. The molecule has 0 amide bonds. The highest BCUT2D eigenvalue weighted by atomic mass is 16.5. The third-order valence-corrected chi connectivity index (χ3v) is 3.58. The molecule has 0 fully saturated rings. The Labute approximate surface area is 123 Å². The number of para-hydroxylation sites is 1. The monoisotopic (exact) mass is 279 g/mol. The fourth-order valence-electron chi connectivity index (χ4n) is 2.60. The van der Waals surface area contributed by atoms with Gasteiger partial charge in [0.2, 0.25) is 0 Å². The number of hydrogen-bond acceptors (Lipinski definition) is 2. The van der Waals surface area contributed by atoms with Crippen LogP contribution < -0.4 is 0 Å². The summed E-state index contributed by atoms with van der Waals surface area (Å²) in [5.74, 6) is -0.284. The van der Waals surface area contributed by atoms with E-state index in [4.69, 9.17) is 4.74 Å². The van der Waals surface area contributed by atoms with Gasteiger partial charge in [-0.1, -0.05) is 48.5 Å². The van der Waals surface area contributed by atoms with Crippen molar-refractivity contribution in [1.82, 2.24) is 4.98 Å². The second-order valence-electron chi connectivity index (χ2n) is 4.96. The number of aromatic nitrogens is 1. The minimum absolute atomic E-state index is 0.284. The molecule has 0 spiro atoms. The van der Waals surface area contributed by atoms with Crippen LogP contribution >= 0.6 is 0 Å². The van der Waals surface area contributed by atoms with Crippen LogP contribution in [0.5, 0.6) is 0 Å². The van der Waals surface area contributed by atoms with E-state index in [1.54, 1.807) is 0 Å². The first-order chi connectivity index (χ1) is 10.2. The van der Waals surface area contributed by atoms with E-state index in [0.717, 1.165) is 27.7 Å². The van der Waals surface area contributed by atoms with Gasteiger partial charge in [0.1, 0.15) is 0 Å². The van der Waals surface area contributed by atoms with Crippen molar-refractivity contribution in [2.24, 2.45) is 0 Å². The van der Waals surface area contributed by atoms with Crippen LogP contribution in [0.1, 0.15) is 22.8 Å². The average Bonchev–Trinajstić information content (AvgIpc) is 2.89. The van der Waals surface area contributed by atoms with E-state index in [-0.39, 0.29) is 5.97 Å². The molecule has 0 aliphatic heterocycles. The van der Waals surface area contributed by atoms with E-state index in [0.29, 0.717) is 12.2 Å². The SMILES string of the molecule is CCOC(=O)c1c(-c2ccccc2)[nH]c2c(C)cccc12. The van der Waals surface area contributed by atoms with Gasteiger partial charge in [-0.05, 0) is 25.0 Å². The number of carbonyl (C=O) groups excluding carboxylic acids is 1. The van der Waals surface area contributed by atoms with Crippen LogP contribution in [0.4, 0.5) is 0 Å². The van der Waals surface area contributed by atoms with Gasteiger partial charge < -0.3 is 9.72 Å². The topological polar surface area (TPSA) is 42.1 Å². The van der Waals surface area contributed by atoms with Crippen LogP contribution in [-0.4, -0.2) is 17.6 Å². The summed E-state index contributed by atoms with van der Waals surface area (Å²) in [5, 5.41) is 0.910. The maximum absolute atomic E-state index is 12.4. The average molecular weight is 279 g/mol. The molecule has 1 N–H and O–H groups in total. The van der Waals surface area contributed by atoms with Crippen LogP contribution in [0.3, 0.4) is 0 Å². The molecule has 3 aromatic rings. The number of hydrogen-bond donors (Lipinski definition) is 1. The van der Waals surface area contributed by atoms with E-state index < -0.39 is 0 Å². The van der Waals surface area contributed by atoms with Crippen molar-refractivity contribution < 1.29 is 9.53 Å². The number of nitrogens with one attached hydrogen (secondary N) is 1. The van der Waals surface area contributed by atoms with Crippen LogP contribution in [0.2, 0.25) is 0 Å². The molecule has 0 saturated heterocycles. The first kappa shape index (κ1) is 13.4. The van der Waals surface area contributed by atoms with Crippen LogP contribution in [0.25, 0.3) is 22.2 Å². The quantitative estimate of drug-likeness (QED) is 0.725. The number of aryl methyl sites for hydroxylation is 1. The number of esters is 1. The number of benzene rings is 2. The third kappa shape index (κ3) is 2.31. The first-order valence-electron chi connectivity index (χ1n) is 7.06. The smallest absolute Gasteiger partial charge is 0.340 e. The van der Waals surface area contributed by atoms with Gasteiger partial charge in [-0.3, -0.25) is 0 Å². The van der Waals surface area contributed by atoms with E-state index in [1.165, 1.54) is 0 Å². The zero-order valence-corrected chi connectivity index (χ0v) is 12.1. The maximum Gasteiger partial charge on any atom is 0.340 e. The fourth-order valence-corrected chi connectivity index (χ4v) is 2.60. The predicted octanol–water partition coefficient (Wildman–Crippen LogP) is 4.32. The molecule has 1 aromatic heterocycles. The molecule has 2 aromatic carbocycles. The lowest BCUT2D eigenvalue weighted by Gasteiger charge is -2.04. The lowest BCUT2D eigenvalue weighted by Crippen LogP contribution is -2.05. The molecule has 106 valence electrons. The van der Waals surface area contributed by atoms with Crippen molar-refractivity contribution in [3.8, 4) is 11.3 Å². The van der Waals surface area contributed by atoms with Gasteiger partial charge in [0.15, 0.2) is 0 Å². The maximum atomic E-state index is 12.4. The molecule has 0 unspecified atom stereocenters. The first-order valence-corrected chi connectivity index (χ1v) is 7.06. The highest BCUT2D eigenvalue weighted by Gasteiger charge is 2.21. The Kier molecular flexibility index (Phi) is 3.48. The number of carbonyl (C=O) groups is 1. The summed E-state index contributed by atoms with van der Waals surface area (Å²) in [7, 11) is 0. The molecule has 3 nitrogen and oxygen atoms in total. The summed E-state index contributed by atoms with van der Waals surface area (Å²) in [5.41, 5.74) is 4.51. The largest absolute Gasteiger partial charge is 0.462 e. The van der Waals surface area contributed by atoms with E-state index >= 15 is 0 Å². The van der Waals surface area contributed by atoms with Crippen molar-refractivity contribution in [3.05, 3.63) is 59.7 Å². The lowest BCUT2D eigenvalue weighted by atomic mass is 10.0. The lowest BCUT2D eigenvalue weighted by molar-refractivity contribution is 0.0529. The van der Waals surface area contributed by atoms with Crippen molar-refractivity contribution in [3.63, 3.8) is 0 Å². The van der Waals surface area contributed by atoms with Crippen LogP contribution in [-0.2, 0) is 4.74 Å². The number of rotatable bonds is 3.